The number of carbonyl (C=O) groups excluding carboxylic acids is 4. The van der Waals surface area contributed by atoms with Crippen molar-refractivity contribution in [3.63, 3.8) is 0 Å². The number of rotatable bonds is 5. The number of ether oxygens (including phenoxy) is 1. The molecule has 36 heavy (non-hydrogen) atoms. The van der Waals surface area contributed by atoms with Crippen LogP contribution >= 0.6 is 0 Å². The molecule has 3 aromatic carbocycles. The van der Waals surface area contributed by atoms with Crippen molar-refractivity contribution in [2.45, 2.75) is 13.3 Å². The van der Waals surface area contributed by atoms with Crippen LogP contribution in [0.1, 0.15) is 32.7 Å². The van der Waals surface area contributed by atoms with Gasteiger partial charge in [0.25, 0.3) is 17.5 Å². The van der Waals surface area contributed by atoms with E-state index in [4.69, 9.17) is 4.74 Å². The molecule has 2 aliphatic rings. The Morgan fingerprint density at radius 1 is 0.944 bits per heavy atom. The number of esters is 1. The first kappa shape index (κ1) is 22.9. The molecule has 1 saturated heterocycles. The van der Waals surface area contributed by atoms with Crippen LogP contribution in [-0.2, 0) is 9.59 Å². The van der Waals surface area contributed by atoms with Gasteiger partial charge in [-0.15, -0.1) is 0 Å². The highest BCUT2D eigenvalue weighted by atomic mass is 16.6. The Kier molecular flexibility index (Phi) is 5.56. The third kappa shape index (κ3) is 3.88. The number of hydrogen-bond acceptors (Lipinski definition) is 7. The summed E-state index contributed by atoms with van der Waals surface area (Å²) >= 11 is 0. The van der Waals surface area contributed by atoms with E-state index in [1.54, 1.807) is 55.5 Å². The Balaban J connectivity index is 1.31. The van der Waals surface area contributed by atoms with Crippen molar-refractivity contribution in [2.24, 2.45) is 5.92 Å². The lowest BCUT2D eigenvalue weighted by molar-refractivity contribution is -0.385. The summed E-state index contributed by atoms with van der Waals surface area (Å²) in [6.45, 7) is 1.61. The van der Waals surface area contributed by atoms with E-state index in [-0.39, 0.29) is 36.0 Å². The Hall–Kier alpha value is -4.86. The zero-order valence-corrected chi connectivity index (χ0v) is 19.0. The Morgan fingerprint density at radius 3 is 2.31 bits per heavy atom. The topological polar surface area (TPSA) is 127 Å². The molecule has 180 valence electrons. The smallest absolute Gasteiger partial charge is 0.316 e. The number of aryl methyl sites for hydroxylation is 1. The fourth-order valence-electron chi connectivity index (χ4n) is 4.39. The average molecular weight is 485 g/mol. The number of nitro groups is 1. The minimum Gasteiger partial charge on any atom is -0.426 e. The van der Waals surface area contributed by atoms with Crippen molar-refractivity contribution in [3.05, 3.63) is 93.5 Å². The number of imide groups is 1. The maximum Gasteiger partial charge on any atom is 0.316 e. The summed E-state index contributed by atoms with van der Waals surface area (Å²) in [5, 5.41) is 11.3. The van der Waals surface area contributed by atoms with Crippen LogP contribution in [0.15, 0.2) is 66.7 Å². The van der Waals surface area contributed by atoms with Gasteiger partial charge in [0.2, 0.25) is 5.91 Å². The zero-order valence-electron chi connectivity index (χ0n) is 19.0. The molecular formula is C26H19N3O7. The van der Waals surface area contributed by atoms with Gasteiger partial charge in [0, 0.05) is 30.7 Å². The van der Waals surface area contributed by atoms with Crippen LogP contribution in [0.2, 0.25) is 0 Å². The van der Waals surface area contributed by atoms with Crippen molar-refractivity contribution < 1.29 is 28.8 Å². The van der Waals surface area contributed by atoms with E-state index >= 15 is 0 Å². The van der Waals surface area contributed by atoms with E-state index < -0.39 is 28.6 Å². The van der Waals surface area contributed by atoms with Gasteiger partial charge in [-0.3, -0.25) is 29.3 Å². The van der Waals surface area contributed by atoms with Gasteiger partial charge in [-0.2, -0.15) is 0 Å². The number of carbonyl (C=O) groups is 4. The highest BCUT2D eigenvalue weighted by molar-refractivity contribution is 6.34. The first-order valence-corrected chi connectivity index (χ1v) is 11.1. The van der Waals surface area contributed by atoms with E-state index in [9.17, 15) is 29.3 Å². The van der Waals surface area contributed by atoms with Crippen LogP contribution in [0.4, 0.5) is 17.1 Å². The van der Waals surface area contributed by atoms with E-state index in [0.29, 0.717) is 22.4 Å². The lowest BCUT2D eigenvalue weighted by Crippen LogP contribution is -2.29. The second kappa shape index (κ2) is 8.73. The van der Waals surface area contributed by atoms with Gasteiger partial charge < -0.3 is 9.64 Å². The van der Waals surface area contributed by atoms with Crippen molar-refractivity contribution >= 4 is 40.8 Å². The molecule has 2 aliphatic heterocycles. The molecule has 0 aromatic heterocycles. The highest BCUT2D eigenvalue weighted by Gasteiger charge is 2.38. The Labute approximate surface area is 204 Å². The molecular weight excluding hydrogens is 466 g/mol. The molecule has 0 aliphatic carbocycles. The predicted octanol–water partition coefficient (Wildman–Crippen LogP) is 3.66. The fourth-order valence-corrected chi connectivity index (χ4v) is 4.39. The average Bonchev–Trinajstić information content (AvgIpc) is 3.37. The number of nitro benzene ring substituents is 1. The van der Waals surface area contributed by atoms with Gasteiger partial charge in [-0.05, 0) is 37.3 Å². The van der Waals surface area contributed by atoms with Gasteiger partial charge >= 0.3 is 5.97 Å². The molecule has 0 bridgehead atoms. The predicted molar refractivity (Wildman–Crippen MR) is 128 cm³/mol. The zero-order chi connectivity index (χ0) is 25.6. The number of fused-ring (bicyclic) bond motifs is 1. The number of amides is 3. The highest BCUT2D eigenvalue weighted by Crippen LogP contribution is 2.33. The van der Waals surface area contributed by atoms with Gasteiger partial charge in [-0.1, -0.05) is 24.3 Å². The molecule has 10 nitrogen and oxygen atoms in total. The molecule has 0 unspecified atom stereocenters. The third-order valence-corrected chi connectivity index (χ3v) is 6.25. The van der Waals surface area contributed by atoms with Gasteiger partial charge in [0.15, 0.2) is 0 Å². The summed E-state index contributed by atoms with van der Waals surface area (Å²) in [6.07, 6.45) is -0.112. The van der Waals surface area contributed by atoms with E-state index in [1.165, 1.54) is 23.1 Å². The maximum absolute atomic E-state index is 12.8. The molecule has 2 heterocycles. The first-order valence-electron chi connectivity index (χ1n) is 11.1. The summed E-state index contributed by atoms with van der Waals surface area (Å²) < 4.78 is 5.48. The van der Waals surface area contributed by atoms with Gasteiger partial charge in [0.05, 0.1) is 33.3 Å². The molecule has 1 fully saturated rings. The molecule has 1 atom stereocenters. The van der Waals surface area contributed by atoms with Gasteiger partial charge in [0.1, 0.15) is 5.75 Å². The van der Waals surface area contributed by atoms with Crippen LogP contribution in [0.3, 0.4) is 0 Å². The third-order valence-electron chi connectivity index (χ3n) is 6.25. The maximum atomic E-state index is 12.8. The van der Waals surface area contributed by atoms with Crippen molar-refractivity contribution in [1.29, 1.82) is 0 Å². The van der Waals surface area contributed by atoms with Crippen molar-refractivity contribution in [3.8, 4) is 5.75 Å². The molecule has 0 saturated carbocycles. The van der Waals surface area contributed by atoms with Crippen LogP contribution in [-0.4, -0.2) is 35.2 Å². The Morgan fingerprint density at radius 2 is 1.64 bits per heavy atom. The molecule has 10 heteroatoms. The van der Waals surface area contributed by atoms with Crippen LogP contribution in [0.5, 0.6) is 5.75 Å². The van der Waals surface area contributed by atoms with Crippen LogP contribution in [0, 0.1) is 23.0 Å². The van der Waals surface area contributed by atoms with Gasteiger partial charge in [-0.25, -0.2) is 4.90 Å². The van der Waals surface area contributed by atoms with E-state index in [2.05, 4.69) is 0 Å². The number of nitrogens with zero attached hydrogens (tertiary/aromatic N) is 3. The molecule has 0 spiro atoms. The Bertz CT molecular complexity index is 1430. The SMILES string of the molecule is Cc1ccc(N2C[C@H](C(=O)Oc3cccc(N4C(=O)c5ccccc5C4=O)c3)CC2=O)cc1[N+](=O)[O-]. The first-order chi connectivity index (χ1) is 17.2. The summed E-state index contributed by atoms with van der Waals surface area (Å²) in [7, 11) is 0. The molecule has 5 rings (SSSR count). The fraction of sp³-hybridized carbons (Fsp3) is 0.154. The summed E-state index contributed by atoms with van der Waals surface area (Å²) in [4.78, 5) is 64.0. The molecule has 3 amide bonds. The van der Waals surface area contributed by atoms with Crippen LogP contribution < -0.4 is 14.5 Å². The van der Waals surface area contributed by atoms with E-state index in [1.807, 2.05) is 0 Å². The monoisotopic (exact) mass is 485 g/mol. The lowest BCUT2D eigenvalue weighted by Gasteiger charge is -2.17. The standard InChI is InChI=1S/C26H19N3O7/c1-15-9-10-17(13-22(15)29(34)35)27-14-16(11-23(27)30)26(33)36-19-6-4-5-18(12-19)28-24(31)20-7-2-3-8-21(20)25(28)32/h2-10,12-13,16H,11,14H2,1H3/t16-/m1/s1. The summed E-state index contributed by atoms with van der Waals surface area (Å²) in [5.74, 6) is -2.62. The number of benzene rings is 3. The number of hydrogen-bond donors (Lipinski definition) is 0. The molecule has 0 radical (unpaired) electrons. The second-order valence-corrected chi connectivity index (χ2v) is 8.54. The quantitative estimate of drug-likeness (QED) is 0.177. The second-order valence-electron chi connectivity index (χ2n) is 8.54. The number of anilines is 2. The van der Waals surface area contributed by atoms with E-state index in [0.717, 1.165) is 4.90 Å². The van der Waals surface area contributed by atoms with Crippen molar-refractivity contribution in [2.75, 3.05) is 16.3 Å². The van der Waals surface area contributed by atoms with Crippen LogP contribution in [0.25, 0.3) is 0 Å². The minimum absolute atomic E-state index is 0.00990. The largest absolute Gasteiger partial charge is 0.426 e. The molecule has 3 aromatic rings. The summed E-state index contributed by atoms with van der Waals surface area (Å²) in [5.41, 5.74) is 1.53. The summed E-state index contributed by atoms with van der Waals surface area (Å²) in [6, 6.07) is 17.0. The lowest BCUT2D eigenvalue weighted by atomic mass is 10.1. The molecule has 0 N–H and O–H groups in total. The van der Waals surface area contributed by atoms with Crippen molar-refractivity contribution in [1.82, 2.24) is 0 Å². The normalized spacial score (nSPS) is 16.9. The minimum atomic E-state index is -0.791.